The first-order chi connectivity index (χ1) is 13.1. The van der Waals surface area contributed by atoms with Crippen LogP contribution in [0.1, 0.15) is 5.56 Å². The number of non-ortho nitro benzene ring substituents is 1. The van der Waals surface area contributed by atoms with Gasteiger partial charge < -0.3 is 4.74 Å². The molecular weight excluding hydrogens is 352 g/mol. The number of nitrogens with zero attached hydrogens (tertiary/aromatic N) is 4. The molecular formula is C17H14N6O4. The van der Waals surface area contributed by atoms with E-state index in [9.17, 15) is 14.9 Å². The molecule has 1 heterocycles. The number of anilines is 1. The number of nitrogens with one attached hydrogen (secondary N) is 2. The van der Waals surface area contributed by atoms with Crippen molar-refractivity contribution >= 4 is 17.9 Å². The van der Waals surface area contributed by atoms with Gasteiger partial charge in [-0.05, 0) is 42.0 Å². The minimum Gasteiger partial charge on any atom is -0.497 e. The van der Waals surface area contributed by atoms with Gasteiger partial charge in [0.1, 0.15) is 5.75 Å². The number of hydrogen-bond donors (Lipinski definition) is 2. The van der Waals surface area contributed by atoms with Gasteiger partial charge in [-0.2, -0.15) is 5.10 Å². The minimum absolute atomic E-state index is 0.00979. The maximum Gasteiger partial charge on any atom is 0.279 e. The van der Waals surface area contributed by atoms with Gasteiger partial charge in [0, 0.05) is 17.7 Å². The molecule has 0 fully saturated rings. The summed E-state index contributed by atoms with van der Waals surface area (Å²) < 4.78 is 5.07. The van der Waals surface area contributed by atoms with Gasteiger partial charge in [0.25, 0.3) is 11.2 Å². The van der Waals surface area contributed by atoms with Crippen molar-refractivity contribution in [3.63, 3.8) is 0 Å². The van der Waals surface area contributed by atoms with E-state index < -0.39 is 10.5 Å². The van der Waals surface area contributed by atoms with Crippen LogP contribution in [0.25, 0.3) is 11.3 Å². The Hall–Kier alpha value is -4.08. The highest BCUT2D eigenvalue weighted by atomic mass is 16.6. The van der Waals surface area contributed by atoms with Crippen molar-refractivity contribution in [2.75, 3.05) is 12.5 Å². The summed E-state index contributed by atoms with van der Waals surface area (Å²) in [6, 6.07) is 12.7. The average Bonchev–Trinajstić information content (AvgIpc) is 2.69. The van der Waals surface area contributed by atoms with Crippen LogP contribution in [0.15, 0.2) is 58.4 Å². The highest BCUT2D eigenvalue weighted by Gasteiger charge is 2.07. The Morgan fingerprint density at radius 3 is 2.44 bits per heavy atom. The molecule has 0 spiro atoms. The number of hydrogen-bond acceptors (Lipinski definition) is 8. The van der Waals surface area contributed by atoms with E-state index >= 15 is 0 Å². The van der Waals surface area contributed by atoms with E-state index in [0.717, 1.165) is 0 Å². The largest absolute Gasteiger partial charge is 0.497 e. The van der Waals surface area contributed by atoms with Gasteiger partial charge >= 0.3 is 0 Å². The zero-order valence-electron chi connectivity index (χ0n) is 14.1. The van der Waals surface area contributed by atoms with Crippen molar-refractivity contribution in [3.8, 4) is 17.0 Å². The van der Waals surface area contributed by atoms with Crippen LogP contribution < -0.4 is 15.7 Å². The fourth-order valence-corrected chi connectivity index (χ4v) is 2.18. The summed E-state index contributed by atoms with van der Waals surface area (Å²) in [5.41, 5.74) is 3.53. The third-order valence-corrected chi connectivity index (χ3v) is 3.55. The summed E-state index contributed by atoms with van der Waals surface area (Å²) >= 11 is 0. The molecule has 0 aliphatic carbocycles. The Kier molecular flexibility index (Phi) is 5.17. The monoisotopic (exact) mass is 366 g/mol. The number of aromatic amines is 1. The number of rotatable bonds is 6. The van der Waals surface area contributed by atoms with Crippen LogP contribution in [0.5, 0.6) is 5.75 Å². The molecule has 3 aromatic rings. The Morgan fingerprint density at radius 2 is 1.85 bits per heavy atom. The fraction of sp³-hybridized carbons (Fsp3) is 0.0588. The quantitative estimate of drug-likeness (QED) is 0.388. The highest BCUT2D eigenvalue weighted by molar-refractivity contribution is 5.80. The normalized spacial score (nSPS) is 10.7. The Morgan fingerprint density at radius 1 is 1.15 bits per heavy atom. The minimum atomic E-state index is -0.482. The maximum atomic E-state index is 12.2. The predicted molar refractivity (Wildman–Crippen MR) is 99.0 cm³/mol. The molecule has 1 aromatic heterocycles. The lowest BCUT2D eigenvalue weighted by Gasteiger charge is -2.03. The van der Waals surface area contributed by atoms with E-state index in [0.29, 0.717) is 16.9 Å². The number of methoxy groups -OCH3 is 1. The second-order valence-corrected chi connectivity index (χ2v) is 5.30. The fourth-order valence-electron chi connectivity index (χ4n) is 2.18. The number of nitro benzene ring substituents is 1. The third-order valence-electron chi connectivity index (χ3n) is 3.55. The molecule has 3 rings (SSSR count). The molecule has 10 heteroatoms. The van der Waals surface area contributed by atoms with E-state index in [1.807, 2.05) is 0 Å². The molecule has 2 N–H and O–H groups in total. The molecule has 0 saturated heterocycles. The van der Waals surface area contributed by atoms with Crippen molar-refractivity contribution in [2.24, 2.45) is 5.10 Å². The summed E-state index contributed by atoms with van der Waals surface area (Å²) in [7, 11) is 1.55. The van der Waals surface area contributed by atoms with Crippen LogP contribution >= 0.6 is 0 Å². The van der Waals surface area contributed by atoms with Gasteiger partial charge in [-0.1, -0.05) is 0 Å². The van der Waals surface area contributed by atoms with Gasteiger partial charge in [0.2, 0.25) is 5.95 Å². The molecule has 0 bridgehead atoms. The number of nitro groups is 1. The van der Waals surface area contributed by atoms with E-state index in [-0.39, 0.29) is 17.3 Å². The molecule has 0 radical (unpaired) electrons. The van der Waals surface area contributed by atoms with Crippen molar-refractivity contribution in [3.05, 3.63) is 74.6 Å². The lowest BCUT2D eigenvalue weighted by atomic mass is 10.1. The number of ether oxygens (including phenoxy) is 1. The standard InChI is InChI=1S/C17H14N6O4/c1-27-14-8-4-12(5-9-14)15-16(24)19-17(22-20-15)21-18-10-11-2-6-13(7-3-11)23(25)26/h2-10H,1H3,(H2,19,21,22,24)/b18-10+. The van der Waals surface area contributed by atoms with Crippen LogP contribution in [-0.4, -0.2) is 33.4 Å². The van der Waals surface area contributed by atoms with Crippen LogP contribution in [0.3, 0.4) is 0 Å². The first-order valence-corrected chi connectivity index (χ1v) is 7.72. The van der Waals surface area contributed by atoms with Crippen molar-refractivity contribution in [1.29, 1.82) is 0 Å². The van der Waals surface area contributed by atoms with E-state index in [1.165, 1.54) is 18.3 Å². The van der Waals surface area contributed by atoms with Crippen molar-refractivity contribution in [1.82, 2.24) is 15.2 Å². The molecule has 136 valence electrons. The summed E-state index contributed by atoms with van der Waals surface area (Å²) in [6.07, 6.45) is 1.43. The van der Waals surface area contributed by atoms with Gasteiger partial charge in [0.05, 0.1) is 18.2 Å². The summed E-state index contributed by atoms with van der Waals surface area (Å²) in [4.78, 5) is 24.9. The molecule has 0 unspecified atom stereocenters. The SMILES string of the molecule is COc1ccc(-c2nnc(N/N=C/c3ccc([N+](=O)[O-])cc3)[nH]c2=O)cc1. The van der Waals surface area contributed by atoms with Crippen LogP contribution in [0.4, 0.5) is 11.6 Å². The third kappa shape index (κ3) is 4.31. The van der Waals surface area contributed by atoms with Crippen LogP contribution in [0, 0.1) is 10.1 Å². The second-order valence-electron chi connectivity index (χ2n) is 5.30. The van der Waals surface area contributed by atoms with Gasteiger partial charge in [0.15, 0.2) is 5.69 Å². The second kappa shape index (κ2) is 7.87. The zero-order valence-corrected chi connectivity index (χ0v) is 14.1. The van der Waals surface area contributed by atoms with E-state index in [4.69, 9.17) is 4.74 Å². The molecule has 0 aliphatic rings. The first kappa shape index (κ1) is 17.7. The summed E-state index contributed by atoms with van der Waals surface area (Å²) in [5.74, 6) is 0.734. The topological polar surface area (TPSA) is 135 Å². The molecule has 27 heavy (non-hydrogen) atoms. The van der Waals surface area contributed by atoms with Crippen LogP contribution in [-0.2, 0) is 0 Å². The van der Waals surface area contributed by atoms with Gasteiger partial charge in [-0.15, -0.1) is 10.2 Å². The van der Waals surface area contributed by atoms with Crippen molar-refractivity contribution in [2.45, 2.75) is 0 Å². The Balaban J connectivity index is 1.70. The van der Waals surface area contributed by atoms with Crippen molar-refractivity contribution < 1.29 is 9.66 Å². The number of hydrazone groups is 1. The molecule has 0 aliphatic heterocycles. The highest BCUT2D eigenvalue weighted by Crippen LogP contribution is 2.17. The molecule has 0 saturated carbocycles. The van der Waals surface area contributed by atoms with Crippen LogP contribution in [0.2, 0.25) is 0 Å². The molecule has 2 aromatic carbocycles. The predicted octanol–water partition coefficient (Wildman–Crippen LogP) is 2.19. The Bertz CT molecular complexity index is 1030. The number of H-pyrrole nitrogens is 1. The smallest absolute Gasteiger partial charge is 0.279 e. The lowest BCUT2D eigenvalue weighted by molar-refractivity contribution is -0.384. The van der Waals surface area contributed by atoms with E-state index in [2.05, 4.69) is 25.7 Å². The molecule has 0 atom stereocenters. The first-order valence-electron chi connectivity index (χ1n) is 7.72. The van der Waals surface area contributed by atoms with Gasteiger partial charge in [-0.25, -0.2) is 5.43 Å². The summed E-state index contributed by atoms with van der Waals surface area (Å²) in [6.45, 7) is 0. The molecule has 0 amide bonds. The maximum absolute atomic E-state index is 12.2. The average molecular weight is 366 g/mol. The zero-order chi connectivity index (χ0) is 19.2. The van der Waals surface area contributed by atoms with Gasteiger partial charge in [-0.3, -0.25) is 19.9 Å². The summed E-state index contributed by atoms with van der Waals surface area (Å²) in [5, 5.41) is 22.3. The number of benzene rings is 2. The Labute approximate surface area is 152 Å². The molecule has 10 nitrogen and oxygen atoms in total. The number of aromatic nitrogens is 3. The lowest BCUT2D eigenvalue weighted by Crippen LogP contribution is -2.15. The van der Waals surface area contributed by atoms with E-state index in [1.54, 1.807) is 43.5 Å².